The van der Waals surface area contributed by atoms with Crippen molar-refractivity contribution in [2.75, 3.05) is 31.6 Å². The molecular formula is C31H30ClF3N4O. The lowest BCUT2D eigenvalue weighted by molar-refractivity contribution is -0.137. The smallest absolute Gasteiger partial charge is 0.416 e. The lowest BCUT2D eigenvalue weighted by Gasteiger charge is -2.34. The fraction of sp³-hybridized carbons (Fsp3) is 0.323. The summed E-state index contributed by atoms with van der Waals surface area (Å²) >= 11 is 6.14. The van der Waals surface area contributed by atoms with Crippen LogP contribution < -0.4 is 10.1 Å². The topological polar surface area (TPSA) is 40.6 Å². The average molecular weight is 567 g/mol. The molecule has 0 spiro atoms. The number of nitrogens with zero attached hydrogens (tertiary/aromatic N) is 3. The first-order valence-electron chi connectivity index (χ1n) is 13.4. The monoisotopic (exact) mass is 566 g/mol. The Morgan fingerprint density at radius 2 is 1.77 bits per heavy atom. The SMILES string of the molecule is Cc1cc(Nc2cc(OCCN3C[C@@H]4C[C@H]3CN4Cc3cccc(Cl)c3)cc(C(F)(F)F)c2)c2ccccc2n1. The zero-order valence-electron chi connectivity index (χ0n) is 22.1. The van der Waals surface area contributed by atoms with Crippen LogP contribution in [0.15, 0.2) is 72.8 Å². The number of rotatable bonds is 8. The van der Waals surface area contributed by atoms with Gasteiger partial charge in [-0.2, -0.15) is 13.2 Å². The summed E-state index contributed by atoms with van der Waals surface area (Å²) in [4.78, 5) is 9.39. The zero-order valence-corrected chi connectivity index (χ0v) is 22.8. The standard InChI is InChI=1S/C31H30ClF3N4O/c1-20-11-30(28-7-2-3-8-29(28)36-20)37-24-13-22(31(33,34)35)14-27(15-24)40-10-9-38-18-26-16-25(38)19-39(26)17-21-5-4-6-23(32)12-21/h2-8,11-15,25-26H,9-10,16-19H2,1H3,(H,36,37)/t25-,26-/m0/s1. The molecule has 2 saturated heterocycles. The van der Waals surface area contributed by atoms with E-state index in [1.54, 1.807) is 6.07 Å². The van der Waals surface area contributed by atoms with Crippen molar-refractivity contribution < 1.29 is 17.9 Å². The Kier molecular flexibility index (Phi) is 7.33. The van der Waals surface area contributed by atoms with Gasteiger partial charge in [0.25, 0.3) is 0 Å². The van der Waals surface area contributed by atoms with E-state index < -0.39 is 11.7 Å². The maximum absolute atomic E-state index is 13.8. The van der Waals surface area contributed by atoms with Crippen LogP contribution in [0.2, 0.25) is 5.02 Å². The predicted octanol–water partition coefficient (Wildman–Crippen LogP) is 7.30. The first kappa shape index (κ1) is 26.9. The molecule has 2 atom stereocenters. The lowest BCUT2D eigenvalue weighted by Crippen LogP contribution is -2.47. The van der Waals surface area contributed by atoms with Gasteiger partial charge in [0.05, 0.1) is 11.1 Å². The number of piperazine rings is 1. The van der Waals surface area contributed by atoms with Gasteiger partial charge in [-0.1, -0.05) is 41.9 Å². The molecule has 4 aromatic rings. The molecule has 0 aliphatic carbocycles. The minimum Gasteiger partial charge on any atom is -0.492 e. The molecule has 6 rings (SSSR count). The highest BCUT2D eigenvalue weighted by atomic mass is 35.5. The van der Waals surface area contributed by atoms with Crippen LogP contribution in [-0.4, -0.2) is 53.1 Å². The fourth-order valence-electron chi connectivity index (χ4n) is 5.93. The van der Waals surface area contributed by atoms with E-state index in [2.05, 4.69) is 26.2 Å². The molecule has 0 radical (unpaired) electrons. The number of ether oxygens (including phenoxy) is 1. The molecule has 0 saturated carbocycles. The number of para-hydroxylation sites is 1. The molecule has 3 aromatic carbocycles. The maximum atomic E-state index is 13.8. The average Bonchev–Trinajstić information content (AvgIpc) is 3.48. The van der Waals surface area contributed by atoms with Crippen molar-refractivity contribution >= 4 is 33.9 Å². The number of pyridine rings is 1. The number of aromatic nitrogens is 1. The minimum absolute atomic E-state index is 0.194. The molecule has 5 nitrogen and oxygen atoms in total. The van der Waals surface area contributed by atoms with Crippen LogP contribution in [0, 0.1) is 6.92 Å². The summed E-state index contributed by atoms with van der Waals surface area (Å²) in [6.45, 7) is 5.61. The van der Waals surface area contributed by atoms with E-state index in [-0.39, 0.29) is 5.75 Å². The van der Waals surface area contributed by atoms with Gasteiger partial charge in [0.1, 0.15) is 12.4 Å². The van der Waals surface area contributed by atoms with Crippen molar-refractivity contribution in [2.45, 2.75) is 38.1 Å². The van der Waals surface area contributed by atoms with Crippen molar-refractivity contribution in [3.05, 3.63) is 94.6 Å². The normalized spacial score (nSPS) is 19.4. The molecule has 9 heteroatoms. The summed E-state index contributed by atoms with van der Waals surface area (Å²) in [6.07, 6.45) is -3.40. The molecule has 40 heavy (non-hydrogen) atoms. The largest absolute Gasteiger partial charge is 0.492 e. The number of halogens is 4. The van der Waals surface area contributed by atoms with Crippen LogP contribution in [0.25, 0.3) is 10.9 Å². The van der Waals surface area contributed by atoms with Crippen molar-refractivity contribution in [2.24, 2.45) is 0 Å². The van der Waals surface area contributed by atoms with Crippen LogP contribution in [-0.2, 0) is 12.7 Å². The Balaban J connectivity index is 1.11. The molecular weight excluding hydrogens is 537 g/mol. The molecule has 1 N–H and O–H groups in total. The van der Waals surface area contributed by atoms with Crippen LogP contribution in [0.5, 0.6) is 5.75 Å². The highest BCUT2D eigenvalue weighted by Gasteiger charge is 2.42. The van der Waals surface area contributed by atoms with Crippen LogP contribution >= 0.6 is 11.6 Å². The number of alkyl halides is 3. The number of hydrogen-bond donors (Lipinski definition) is 1. The van der Waals surface area contributed by atoms with E-state index in [9.17, 15) is 13.2 Å². The first-order chi connectivity index (χ1) is 19.2. The summed E-state index contributed by atoms with van der Waals surface area (Å²) in [5.41, 5.74) is 3.02. The Bertz CT molecular complexity index is 1530. The summed E-state index contributed by atoms with van der Waals surface area (Å²) in [5, 5.41) is 4.76. The second-order valence-electron chi connectivity index (χ2n) is 10.6. The van der Waals surface area contributed by atoms with Crippen molar-refractivity contribution in [3.63, 3.8) is 0 Å². The highest BCUT2D eigenvalue weighted by Crippen LogP contribution is 2.36. The summed E-state index contributed by atoms with van der Waals surface area (Å²) in [5.74, 6) is 0.194. The Morgan fingerprint density at radius 1 is 0.975 bits per heavy atom. The number of benzene rings is 3. The van der Waals surface area contributed by atoms with E-state index >= 15 is 0 Å². The van der Waals surface area contributed by atoms with Gasteiger partial charge >= 0.3 is 6.18 Å². The van der Waals surface area contributed by atoms with Crippen molar-refractivity contribution in [1.29, 1.82) is 0 Å². The van der Waals surface area contributed by atoms with E-state index in [0.29, 0.717) is 36.6 Å². The van der Waals surface area contributed by atoms with Crippen LogP contribution in [0.1, 0.15) is 23.2 Å². The molecule has 2 fully saturated rings. The third kappa shape index (κ3) is 5.89. The van der Waals surface area contributed by atoms with Crippen molar-refractivity contribution in [3.8, 4) is 5.75 Å². The van der Waals surface area contributed by atoms with Crippen LogP contribution in [0.3, 0.4) is 0 Å². The quantitative estimate of drug-likeness (QED) is 0.242. The number of hydrogen-bond acceptors (Lipinski definition) is 5. The minimum atomic E-state index is -4.49. The third-order valence-corrected chi connectivity index (χ3v) is 7.98. The maximum Gasteiger partial charge on any atom is 0.416 e. The summed E-state index contributed by atoms with van der Waals surface area (Å²) < 4.78 is 47.2. The summed E-state index contributed by atoms with van der Waals surface area (Å²) in [7, 11) is 0. The molecule has 2 aliphatic rings. The van der Waals surface area contributed by atoms with Gasteiger partial charge in [-0.25, -0.2) is 0 Å². The second-order valence-corrected chi connectivity index (χ2v) is 11.1. The number of likely N-dealkylation sites (tertiary alicyclic amines) is 2. The van der Waals surface area contributed by atoms with Gasteiger partial charge in [-0.05, 0) is 55.3 Å². The van der Waals surface area contributed by atoms with E-state index in [1.165, 1.54) is 5.56 Å². The molecule has 3 heterocycles. The molecule has 1 aromatic heterocycles. The summed E-state index contributed by atoms with van der Waals surface area (Å²) in [6, 6.07) is 22.1. The van der Waals surface area contributed by atoms with Crippen molar-refractivity contribution in [1.82, 2.24) is 14.8 Å². The van der Waals surface area contributed by atoms with Gasteiger partial charge in [0.15, 0.2) is 0 Å². The molecule has 2 aliphatic heterocycles. The number of fused-ring (bicyclic) bond motifs is 3. The van der Waals surface area contributed by atoms with Gasteiger partial charge in [0.2, 0.25) is 0 Å². The number of anilines is 2. The molecule has 2 bridgehead atoms. The van der Waals surface area contributed by atoms with Crippen LogP contribution in [0.4, 0.5) is 24.5 Å². The second kappa shape index (κ2) is 10.9. The third-order valence-electron chi connectivity index (χ3n) is 7.75. The lowest BCUT2D eigenvalue weighted by atomic mass is 10.1. The van der Waals surface area contributed by atoms with E-state index in [4.69, 9.17) is 16.3 Å². The molecule has 0 unspecified atom stereocenters. The Labute approximate surface area is 236 Å². The van der Waals surface area contributed by atoms with Gasteiger partial charge in [-0.3, -0.25) is 14.8 Å². The Hall–Kier alpha value is -3.33. The zero-order chi connectivity index (χ0) is 27.9. The van der Waals surface area contributed by atoms with E-state index in [0.717, 1.165) is 59.8 Å². The first-order valence-corrected chi connectivity index (χ1v) is 13.8. The fourth-order valence-corrected chi connectivity index (χ4v) is 6.15. The Morgan fingerprint density at radius 3 is 2.55 bits per heavy atom. The predicted molar refractivity (Wildman–Crippen MR) is 152 cm³/mol. The van der Waals surface area contributed by atoms with Gasteiger partial charge < -0.3 is 10.1 Å². The molecule has 0 amide bonds. The van der Waals surface area contributed by atoms with Gasteiger partial charge in [0, 0.05) is 71.8 Å². The highest BCUT2D eigenvalue weighted by molar-refractivity contribution is 6.30. The van der Waals surface area contributed by atoms with E-state index in [1.807, 2.05) is 55.5 Å². The van der Waals surface area contributed by atoms with Gasteiger partial charge in [-0.15, -0.1) is 0 Å². The molecule has 208 valence electrons. The number of aryl methyl sites for hydroxylation is 1. The number of nitrogens with one attached hydrogen (secondary N) is 1.